The number of carbonyl (C=O) groups excluding carboxylic acids is 2. The van der Waals surface area contributed by atoms with Gasteiger partial charge in [0.2, 0.25) is 0 Å². The second-order valence-electron chi connectivity index (χ2n) is 8.07. The number of halogens is 5. The minimum atomic E-state index is -4.73. The molecule has 3 rings (SSSR count). The molecule has 12 heteroatoms. The fourth-order valence-electron chi connectivity index (χ4n) is 3.69. The van der Waals surface area contributed by atoms with Crippen molar-refractivity contribution < 1.29 is 41.0 Å². The number of hydrogen-bond donors (Lipinski definition) is 3. The van der Waals surface area contributed by atoms with Gasteiger partial charge in [0, 0.05) is 31.7 Å². The van der Waals surface area contributed by atoms with Gasteiger partial charge in [-0.25, -0.2) is 8.78 Å². The molecule has 38 heavy (non-hydrogen) atoms. The first-order valence-electron chi connectivity index (χ1n) is 10.9. The number of esters is 1. The highest BCUT2D eigenvalue weighted by Gasteiger charge is 2.49. The Bertz CT molecular complexity index is 1380. The summed E-state index contributed by atoms with van der Waals surface area (Å²) in [5.74, 6) is -8.34. The molecular weight excluding hydrogens is 513 g/mol. The summed E-state index contributed by atoms with van der Waals surface area (Å²) >= 11 is 0. The average Bonchev–Trinajstić information content (AvgIpc) is 2.86. The molecule has 1 atom stereocenters. The molecule has 0 aliphatic carbocycles. The zero-order valence-corrected chi connectivity index (χ0v) is 20.1. The van der Waals surface area contributed by atoms with Gasteiger partial charge in [0.1, 0.15) is 23.0 Å². The van der Waals surface area contributed by atoms with Gasteiger partial charge in [-0.05, 0) is 35.4 Å². The zero-order chi connectivity index (χ0) is 28.3. The highest BCUT2D eigenvalue weighted by molar-refractivity contribution is 5.95. The standard InChI is InChI=1S/C26H22F5N3O4/c1-14(35)38-25(37-2,24(36)34-13-15-6-8-16(9-7-15)23(32)33)21-20(27)11-10-19(22(21)28)17-4-3-5-18(12-17)26(29,30)31/h3-12H,13H2,1-2H3,(H3,32,33)(H,34,36)/t25-/m0/s1. The first-order chi connectivity index (χ1) is 17.8. The normalized spacial score (nSPS) is 12.9. The van der Waals surface area contributed by atoms with Gasteiger partial charge in [-0.2, -0.15) is 13.2 Å². The lowest BCUT2D eigenvalue weighted by molar-refractivity contribution is -0.226. The van der Waals surface area contributed by atoms with Crippen molar-refractivity contribution in [2.24, 2.45) is 5.73 Å². The summed E-state index contributed by atoms with van der Waals surface area (Å²) in [6, 6.07) is 11.4. The lowest BCUT2D eigenvalue weighted by Gasteiger charge is -2.31. The van der Waals surface area contributed by atoms with Crippen LogP contribution in [0.3, 0.4) is 0 Å². The number of methoxy groups -OCH3 is 1. The second kappa shape index (κ2) is 11.0. The molecule has 0 bridgehead atoms. The van der Waals surface area contributed by atoms with Crippen LogP contribution in [0.4, 0.5) is 22.0 Å². The molecule has 0 spiro atoms. The Morgan fingerprint density at radius 2 is 1.68 bits per heavy atom. The van der Waals surface area contributed by atoms with Gasteiger partial charge >= 0.3 is 17.9 Å². The van der Waals surface area contributed by atoms with E-state index in [0.29, 0.717) is 17.2 Å². The monoisotopic (exact) mass is 535 g/mol. The van der Waals surface area contributed by atoms with E-state index in [0.717, 1.165) is 38.3 Å². The number of nitrogens with one attached hydrogen (secondary N) is 2. The molecule has 0 saturated heterocycles. The third-order valence-electron chi connectivity index (χ3n) is 5.51. The average molecular weight is 535 g/mol. The van der Waals surface area contributed by atoms with Crippen LogP contribution in [0.5, 0.6) is 0 Å². The van der Waals surface area contributed by atoms with Crippen LogP contribution in [-0.2, 0) is 37.6 Å². The van der Waals surface area contributed by atoms with Crippen molar-refractivity contribution in [1.29, 1.82) is 5.41 Å². The molecule has 0 fully saturated rings. The summed E-state index contributed by atoms with van der Waals surface area (Å²) in [5.41, 5.74) is 3.35. The van der Waals surface area contributed by atoms with Crippen LogP contribution in [0.25, 0.3) is 11.1 Å². The van der Waals surface area contributed by atoms with Crippen molar-refractivity contribution in [3.8, 4) is 11.1 Å². The Kier molecular flexibility index (Phi) is 8.16. The maximum Gasteiger partial charge on any atom is 0.416 e. The summed E-state index contributed by atoms with van der Waals surface area (Å²) in [6.07, 6.45) is -4.73. The van der Waals surface area contributed by atoms with Gasteiger partial charge < -0.3 is 20.5 Å². The van der Waals surface area contributed by atoms with Crippen LogP contribution in [-0.4, -0.2) is 24.8 Å². The Morgan fingerprint density at radius 1 is 1.03 bits per heavy atom. The Balaban J connectivity index is 2.07. The number of nitrogen functional groups attached to an aromatic ring is 1. The number of ether oxygens (including phenoxy) is 2. The summed E-state index contributed by atoms with van der Waals surface area (Å²) < 4.78 is 80.7. The smallest absolute Gasteiger partial charge is 0.416 e. The lowest BCUT2D eigenvalue weighted by atomic mass is 9.95. The van der Waals surface area contributed by atoms with Crippen molar-refractivity contribution in [2.45, 2.75) is 25.4 Å². The molecule has 0 radical (unpaired) electrons. The summed E-state index contributed by atoms with van der Waals surface area (Å²) in [5, 5.41) is 9.80. The molecule has 0 aliphatic heterocycles. The molecule has 0 aliphatic rings. The summed E-state index contributed by atoms with van der Waals surface area (Å²) in [4.78, 5) is 25.2. The number of benzene rings is 3. The van der Waals surface area contributed by atoms with Gasteiger partial charge in [0.15, 0.2) is 0 Å². The SMILES string of the molecule is CO[C@@](OC(C)=O)(C(=O)NCc1ccc(C(=N)N)cc1)c1c(F)ccc(-c2cccc(C(F)(F)F)c2)c1F. The van der Waals surface area contributed by atoms with Crippen LogP contribution in [0.15, 0.2) is 60.7 Å². The first kappa shape index (κ1) is 28.3. The van der Waals surface area contributed by atoms with E-state index in [1.54, 1.807) is 0 Å². The van der Waals surface area contributed by atoms with Crippen LogP contribution in [0.1, 0.15) is 29.2 Å². The molecule has 3 aromatic carbocycles. The van der Waals surface area contributed by atoms with Crippen molar-refractivity contribution >= 4 is 17.7 Å². The fraction of sp³-hybridized carbons (Fsp3) is 0.192. The maximum absolute atomic E-state index is 15.8. The van der Waals surface area contributed by atoms with E-state index in [-0.39, 0.29) is 17.9 Å². The van der Waals surface area contributed by atoms with E-state index >= 15 is 8.78 Å². The molecule has 3 aromatic rings. The van der Waals surface area contributed by atoms with Gasteiger partial charge in [0.25, 0.3) is 5.91 Å². The molecule has 0 unspecified atom stereocenters. The van der Waals surface area contributed by atoms with E-state index in [1.807, 2.05) is 0 Å². The van der Waals surface area contributed by atoms with Crippen LogP contribution >= 0.6 is 0 Å². The third kappa shape index (κ3) is 5.80. The number of rotatable bonds is 8. The maximum atomic E-state index is 15.8. The molecule has 0 heterocycles. The second-order valence-corrected chi connectivity index (χ2v) is 8.07. The third-order valence-corrected chi connectivity index (χ3v) is 5.51. The van der Waals surface area contributed by atoms with Crippen molar-refractivity contribution in [3.63, 3.8) is 0 Å². The van der Waals surface area contributed by atoms with Crippen molar-refractivity contribution in [2.75, 3.05) is 7.11 Å². The molecule has 0 saturated carbocycles. The number of amidine groups is 1. The highest BCUT2D eigenvalue weighted by atomic mass is 19.4. The molecule has 200 valence electrons. The predicted molar refractivity (Wildman–Crippen MR) is 127 cm³/mol. The first-order valence-corrected chi connectivity index (χ1v) is 10.9. The zero-order valence-electron chi connectivity index (χ0n) is 20.1. The van der Waals surface area contributed by atoms with Crippen LogP contribution in [0.2, 0.25) is 0 Å². The molecule has 1 amide bonds. The van der Waals surface area contributed by atoms with Gasteiger partial charge in [-0.15, -0.1) is 0 Å². The molecule has 4 N–H and O–H groups in total. The molecular formula is C26H22F5N3O4. The number of amides is 1. The van der Waals surface area contributed by atoms with E-state index in [4.69, 9.17) is 20.6 Å². The summed E-state index contributed by atoms with van der Waals surface area (Å²) in [7, 11) is 0.875. The van der Waals surface area contributed by atoms with Gasteiger partial charge in [-0.3, -0.25) is 15.0 Å². The van der Waals surface area contributed by atoms with E-state index in [9.17, 15) is 22.8 Å². The van der Waals surface area contributed by atoms with Gasteiger partial charge in [0.05, 0.1) is 5.56 Å². The van der Waals surface area contributed by atoms with E-state index in [2.05, 4.69) is 5.32 Å². The van der Waals surface area contributed by atoms with E-state index < -0.39 is 52.2 Å². The minimum Gasteiger partial charge on any atom is -0.419 e. The minimum absolute atomic E-state index is 0.180. The van der Waals surface area contributed by atoms with Crippen LogP contribution in [0, 0.1) is 17.0 Å². The lowest BCUT2D eigenvalue weighted by Crippen LogP contribution is -2.49. The largest absolute Gasteiger partial charge is 0.419 e. The van der Waals surface area contributed by atoms with Crippen molar-refractivity contribution in [3.05, 3.63) is 94.6 Å². The Morgan fingerprint density at radius 3 is 2.24 bits per heavy atom. The number of hydrogen-bond acceptors (Lipinski definition) is 5. The van der Waals surface area contributed by atoms with Gasteiger partial charge in [-0.1, -0.05) is 36.4 Å². The topological polar surface area (TPSA) is 114 Å². The number of nitrogens with two attached hydrogens (primary N) is 1. The Labute approximate surface area is 213 Å². The summed E-state index contributed by atoms with van der Waals surface area (Å²) in [6.45, 7) is 0.675. The quantitative estimate of drug-likeness (QED) is 0.128. The molecule has 0 aromatic heterocycles. The number of alkyl halides is 3. The van der Waals surface area contributed by atoms with Crippen LogP contribution < -0.4 is 11.1 Å². The number of carbonyl (C=O) groups is 2. The molecule has 7 nitrogen and oxygen atoms in total. The predicted octanol–water partition coefficient (Wildman–Crippen LogP) is 4.61. The van der Waals surface area contributed by atoms with E-state index in [1.165, 1.54) is 30.3 Å². The Hall–Kier alpha value is -4.32. The van der Waals surface area contributed by atoms with Crippen molar-refractivity contribution in [1.82, 2.24) is 5.32 Å². The fourth-order valence-corrected chi connectivity index (χ4v) is 3.69. The highest BCUT2D eigenvalue weighted by Crippen LogP contribution is 2.38.